The van der Waals surface area contributed by atoms with Crippen molar-refractivity contribution in [3.05, 3.63) is 30.1 Å². The maximum Gasteiger partial charge on any atom is 0.0587 e. The van der Waals surface area contributed by atoms with Gasteiger partial charge in [0.25, 0.3) is 0 Å². The fourth-order valence-corrected chi connectivity index (χ4v) is 1.89. The van der Waals surface area contributed by atoms with Crippen molar-refractivity contribution in [1.29, 1.82) is 0 Å². The number of hydrogen-bond acceptors (Lipinski definition) is 3. The van der Waals surface area contributed by atoms with Gasteiger partial charge in [-0.15, -0.1) is 0 Å². The molecule has 1 aliphatic carbocycles. The summed E-state index contributed by atoms with van der Waals surface area (Å²) in [5.41, 5.74) is 1.25. The monoisotopic (exact) mass is 206 g/mol. The van der Waals surface area contributed by atoms with Crippen LogP contribution in [0.15, 0.2) is 24.4 Å². The molecule has 1 fully saturated rings. The second-order valence-corrected chi connectivity index (χ2v) is 4.05. The number of ether oxygens (including phenoxy) is 1. The number of hydrogen-bond donors (Lipinski definition) is 1. The highest BCUT2D eigenvalue weighted by atomic mass is 16.5. The van der Waals surface area contributed by atoms with Crippen LogP contribution in [0.4, 0.5) is 0 Å². The van der Waals surface area contributed by atoms with Gasteiger partial charge >= 0.3 is 0 Å². The van der Waals surface area contributed by atoms with Crippen molar-refractivity contribution in [2.45, 2.75) is 12.3 Å². The summed E-state index contributed by atoms with van der Waals surface area (Å²) >= 11 is 0. The van der Waals surface area contributed by atoms with Crippen molar-refractivity contribution in [1.82, 2.24) is 10.3 Å². The summed E-state index contributed by atoms with van der Waals surface area (Å²) in [4.78, 5) is 4.38. The molecular formula is C12H18N2O. The summed E-state index contributed by atoms with van der Waals surface area (Å²) in [6.45, 7) is 2.83. The summed E-state index contributed by atoms with van der Waals surface area (Å²) in [5, 5.41) is 3.40. The highest BCUT2D eigenvalue weighted by molar-refractivity contribution is 5.17. The minimum Gasteiger partial charge on any atom is -0.383 e. The van der Waals surface area contributed by atoms with Crippen LogP contribution in [0, 0.1) is 5.92 Å². The molecule has 2 unspecified atom stereocenters. The van der Waals surface area contributed by atoms with Crippen molar-refractivity contribution >= 4 is 0 Å². The van der Waals surface area contributed by atoms with E-state index in [4.69, 9.17) is 4.74 Å². The maximum absolute atomic E-state index is 4.98. The maximum atomic E-state index is 4.98. The molecule has 3 nitrogen and oxygen atoms in total. The summed E-state index contributed by atoms with van der Waals surface area (Å²) in [5.74, 6) is 1.46. The minimum absolute atomic E-state index is 0.682. The van der Waals surface area contributed by atoms with Crippen molar-refractivity contribution < 1.29 is 4.74 Å². The van der Waals surface area contributed by atoms with Gasteiger partial charge in [-0.2, -0.15) is 0 Å². The topological polar surface area (TPSA) is 34.1 Å². The predicted molar refractivity (Wildman–Crippen MR) is 59.8 cm³/mol. The molecule has 2 atom stereocenters. The third kappa shape index (κ3) is 3.01. The lowest BCUT2D eigenvalue weighted by Crippen LogP contribution is -2.21. The Kier molecular flexibility index (Phi) is 3.69. The zero-order valence-corrected chi connectivity index (χ0v) is 9.15. The van der Waals surface area contributed by atoms with Gasteiger partial charge < -0.3 is 10.1 Å². The van der Waals surface area contributed by atoms with E-state index in [2.05, 4.69) is 22.4 Å². The summed E-state index contributed by atoms with van der Waals surface area (Å²) < 4.78 is 4.98. The van der Waals surface area contributed by atoms with Crippen LogP contribution in [0.25, 0.3) is 0 Å². The van der Waals surface area contributed by atoms with E-state index in [1.807, 2.05) is 12.3 Å². The van der Waals surface area contributed by atoms with E-state index in [9.17, 15) is 0 Å². The molecule has 0 saturated heterocycles. The Balaban J connectivity index is 1.68. The van der Waals surface area contributed by atoms with Crippen LogP contribution in [-0.2, 0) is 4.74 Å². The summed E-state index contributed by atoms with van der Waals surface area (Å²) in [6.07, 6.45) is 3.15. The normalized spacial score (nSPS) is 24.1. The summed E-state index contributed by atoms with van der Waals surface area (Å²) in [6, 6.07) is 6.16. The molecule has 0 spiro atoms. The molecule has 1 N–H and O–H groups in total. The van der Waals surface area contributed by atoms with Crippen molar-refractivity contribution in [3.63, 3.8) is 0 Å². The molecule has 3 heteroatoms. The average molecular weight is 206 g/mol. The van der Waals surface area contributed by atoms with E-state index in [1.165, 1.54) is 12.1 Å². The zero-order valence-electron chi connectivity index (χ0n) is 9.15. The van der Waals surface area contributed by atoms with Crippen LogP contribution in [0.5, 0.6) is 0 Å². The van der Waals surface area contributed by atoms with Crippen LogP contribution >= 0.6 is 0 Å². The molecule has 15 heavy (non-hydrogen) atoms. The Morgan fingerprint density at radius 2 is 2.47 bits per heavy atom. The van der Waals surface area contributed by atoms with Gasteiger partial charge in [0, 0.05) is 31.5 Å². The third-order valence-corrected chi connectivity index (χ3v) is 2.88. The second kappa shape index (κ2) is 5.24. The molecule has 0 aromatic carbocycles. The second-order valence-electron chi connectivity index (χ2n) is 4.05. The molecule has 0 aliphatic heterocycles. The van der Waals surface area contributed by atoms with Crippen LogP contribution < -0.4 is 5.32 Å². The molecule has 0 bridgehead atoms. The Bertz CT molecular complexity index is 289. The van der Waals surface area contributed by atoms with Crippen molar-refractivity contribution in [3.8, 4) is 0 Å². The Hall–Kier alpha value is -0.930. The van der Waals surface area contributed by atoms with Gasteiger partial charge in [-0.25, -0.2) is 0 Å². The van der Waals surface area contributed by atoms with E-state index in [0.29, 0.717) is 5.92 Å². The first-order valence-corrected chi connectivity index (χ1v) is 5.52. The highest BCUT2D eigenvalue weighted by Gasteiger charge is 2.38. The number of aromatic nitrogens is 1. The van der Waals surface area contributed by atoms with Gasteiger partial charge in [0.15, 0.2) is 0 Å². The lowest BCUT2D eigenvalue weighted by atomic mass is 10.2. The first-order valence-electron chi connectivity index (χ1n) is 5.52. The third-order valence-electron chi connectivity index (χ3n) is 2.88. The van der Waals surface area contributed by atoms with Crippen molar-refractivity contribution in [2.24, 2.45) is 5.92 Å². The number of pyridine rings is 1. The zero-order chi connectivity index (χ0) is 10.5. The smallest absolute Gasteiger partial charge is 0.0587 e. The number of methoxy groups -OCH3 is 1. The standard InChI is InChI=1S/C12H18N2O/c1-15-7-6-13-9-10-8-11(10)12-4-2-3-5-14-12/h2-5,10-11,13H,6-9H2,1H3. The Morgan fingerprint density at radius 1 is 1.53 bits per heavy atom. The first-order chi connectivity index (χ1) is 7.42. The fraction of sp³-hybridized carbons (Fsp3) is 0.583. The molecule has 2 rings (SSSR count). The Labute approximate surface area is 90.9 Å². The Morgan fingerprint density at radius 3 is 3.20 bits per heavy atom. The lowest BCUT2D eigenvalue weighted by molar-refractivity contribution is 0.199. The summed E-state index contributed by atoms with van der Waals surface area (Å²) in [7, 11) is 1.73. The van der Waals surface area contributed by atoms with Gasteiger partial charge in [0.05, 0.1) is 6.61 Å². The molecule has 1 heterocycles. The number of rotatable bonds is 6. The predicted octanol–water partition coefficient (Wildman–Crippen LogP) is 1.42. The van der Waals surface area contributed by atoms with E-state index < -0.39 is 0 Å². The number of nitrogens with one attached hydrogen (secondary N) is 1. The van der Waals surface area contributed by atoms with Gasteiger partial charge in [0.1, 0.15) is 0 Å². The average Bonchev–Trinajstić information content (AvgIpc) is 3.05. The van der Waals surface area contributed by atoms with Crippen LogP contribution in [-0.4, -0.2) is 31.8 Å². The highest BCUT2D eigenvalue weighted by Crippen LogP contribution is 2.45. The molecule has 1 aromatic rings. The van der Waals surface area contributed by atoms with Crippen LogP contribution in [0.3, 0.4) is 0 Å². The molecular weight excluding hydrogens is 188 g/mol. The lowest BCUT2D eigenvalue weighted by Gasteiger charge is -2.02. The largest absolute Gasteiger partial charge is 0.383 e. The number of nitrogens with zero attached hydrogens (tertiary/aromatic N) is 1. The van der Waals surface area contributed by atoms with Crippen LogP contribution in [0.2, 0.25) is 0 Å². The molecule has 1 aromatic heterocycles. The van der Waals surface area contributed by atoms with Gasteiger partial charge in [0.2, 0.25) is 0 Å². The van der Waals surface area contributed by atoms with Gasteiger partial charge in [-0.1, -0.05) is 6.07 Å². The van der Waals surface area contributed by atoms with Gasteiger partial charge in [-0.3, -0.25) is 4.98 Å². The fourth-order valence-electron chi connectivity index (χ4n) is 1.89. The molecule has 82 valence electrons. The molecule has 0 amide bonds. The molecule has 0 radical (unpaired) electrons. The van der Waals surface area contributed by atoms with Gasteiger partial charge in [-0.05, 0) is 31.0 Å². The molecule has 1 aliphatic rings. The van der Waals surface area contributed by atoms with E-state index in [-0.39, 0.29) is 0 Å². The minimum atomic E-state index is 0.682. The van der Waals surface area contributed by atoms with Crippen LogP contribution in [0.1, 0.15) is 18.0 Å². The van der Waals surface area contributed by atoms with E-state index in [1.54, 1.807) is 7.11 Å². The van der Waals surface area contributed by atoms with E-state index >= 15 is 0 Å². The molecule has 1 saturated carbocycles. The SMILES string of the molecule is COCCNCC1CC1c1ccccn1. The van der Waals surface area contributed by atoms with E-state index in [0.717, 1.165) is 25.6 Å². The first kappa shape index (κ1) is 10.6. The van der Waals surface area contributed by atoms with Crippen molar-refractivity contribution in [2.75, 3.05) is 26.8 Å². The quantitative estimate of drug-likeness (QED) is 0.715.